The Morgan fingerprint density at radius 2 is 1.93 bits per heavy atom. The summed E-state index contributed by atoms with van der Waals surface area (Å²) in [6.07, 6.45) is 3.30. The van der Waals surface area contributed by atoms with Crippen molar-refractivity contribution in [2.75, 3.05) is 0 Å². The molecule has 0 N–H and O–H groups in total. The largest absolute Gasteiger partial charge is 0.150 e. The van der Waals surface area contributed by atoms with Gasteiger partial charge in [0.2, 0.25) is 0 Å². The second-order valence-corrected chi connectivity index (χ2v) is 5.71. The predicted octanol–water partition coefficient (Wildman–Crippen LogP) is 3.99. The maximum Gasteiger partial charge on any atom is 0.0973 e. The van der Waals surface area contributed by atoms with Gasteiger partial charge in [-0.2, -0.15) is 4.91 Å². The van der Waals surface area contributed by atoms with E-state index in [1.807, 2.05) is 0 Å². The molecule has 2 heteroatoms. The van der Waals surface area contributed by atoms with Crippen molar-refractivity contribution in [1.29, 1.82) is 0 Å². The van der Waals surface area contributed by atoms with Gasteiger partial charge in [-0.1, -0.05) is 46.2 Å². The second-order valence-electron chi connectivity index (χ2n) is 5.71. The first-order valence-corrected chi connectivity index (χ1v) is 5.71. The van der Waals surface area contributed by atoms with Crippen molar-refractivity contribution in [3.63, 3.8) is 0 Å². The molecule has 0 heterocycles. The smallest absolute Gasteiger partial charge is 0.0973 e. The SMILES string of the molecule is CCC1(C)CCC(N=O)C(C)(C)C1C. The summed E-state index contributed by atoms with van der Waals surface area (Å²) in [5.74, 6) is 0.566. The van der Waals surface area contributed by atoms with E-state index in [0.29, 0.717) is 11.3 Å². The molecule has 1 rings (SSSR count). The van der Waals surface area contributed by atoms with Gasteiger partial charge in [-0.3, -0.25) is 0 Å². The van der Waals surface area contributed by atoms with Crippen molar-refractivity contribution in [2.24, 2.45) is 21.9 Å². The summed E-state index contributed by atoms with van der Waals surface area (Å²) in [6.45, 7) is 11.3. The van der Waals surface area contributed by atoms with Crippen molar-refractivity contribution < 1.29 is 0 Å². The molecule has 3 unspecified atom stereocenters. The Kier molecular flexibility index (Phi) is 3.03. The summed E-state index contributed by atoms with van der Waals surface area (Å²) in [7, 11) is 0. The molecule has 0 radical (unpaired) electrons. The van der Waals surface area contributed by atoms with Gasteiger partial charge in [-0.05, 0) is 29.6 Å². The van der Waals surface area contributed by atoms with Gasteiger partial charge in [-0.25, -0.2) is 0 Å². The molecule has 0 aliphatic heterocycles. The van der Waals surface area contributed by atoms with Crippen LogP contribution in [0.4, 0.5) is 0 Å². The van der Waals surface area contributed by atoms with Gasteiger partial charge in [0.05, 0.1) is 6.04 Å². The van der Waals surface area contributed by atoms with Crippen LogP contribution >= 0.6 is 0 Å². The van der Waals surface area contributed by atoms with Gasteiger partial charge >= 0.3 is 0 Å². The van der Waals surface area contributed by atoms with Crippen molar-refractivity contribution in [3.8, 4) is 0 Å². The summed E-state index contributed by atoms with van der Waals surface area (Å²) in [5, 5.41) is 3.30. The van der Waals surface area contributed by atoms with Crippen molar-refractivity contribution in [1.82, 2.24) is 0 Å². The molecular formula is C12H23NO. The van der Waals surface area contributed by atoms with Crippen molar-refractivity contribution >= 4 is 0 Å². The molecule has 1 fully saturated rings. The fraction of sp³-hybridized carbons (Fsp3) is 1.00. The normalized spacial score (nSPS) is 42.1. The van der Waals surface area contributed by atoms with Crippen LogP contribution in [0.25, 0.3) is 0 Å². The van der Waals surface area contributed by atoms with Crippen molar-refractivity contribution in [3.05, 3.63) is 4.91 Å². The topological polar surface area (TPSA) is 29.4 Å². The highest BCUT2D eigenvalue weighted by Crippen LogP contribution is 2.53. The molecule has 1 aliphatic rings. The number of nitrogens with zero attached hydrogens (tertiary/aromatic N) is 1. The molecule has 0 bridgehead atoms. The van der Waals surface area contributed by atoms with Crippen LogP contribution in [0, 0.1) is 21.7 Å². The number of hydrogen-bond donors (Lipinski definition) is 0. The molecule has 0 aromatic carbocycles. The average Bonchev–Trinajstić information content (AvgIpc) is 2.15. The summed E-state index contributed by atoms with van der Waals surface area (Å²) in [5.41, 5.74) is 0.454. The van der Waals surface area contributed by atoms with Crippen LogP contribution in [0.2, 0.25) is 0 Å². The predicted molar refractivity (Wildman–Crippen MR) is 60.2 cm³/mol. The molecule has 0 spiro atoms. The minimum Gasteiger partial charge on any atom is -0.150 e. The van der Waals surface area contributed by atoms with Crippen LogP contribution in [-0.4, -0.2) is 6.04 Å². The van der Waals surface area contributed by atoms with E-state index < -0.39 is 0 Å². The van der Waals surface area contributed by atoms with Gasteiger partial charge in [-0.15, -0.1) is 0 Å². The van der Waals surface area contributed by atoms with Gasteiger partial charge in [0.1, 0.15) is 0 Å². The Morgan fingerprint density at radius 1 is 1.36 bits per heavy atom. The molecule has 0 aromatic heterocycles. The van der Waals surface area contributed by atoms with E-state index in [1.165, 1.54) is 6.42 Å². The molecule has 2 nitrogen and oxygen atoms in total. The van der Waals surface area contributed by atoms with E-state index in [1.54, 1.807) is 0 Å². The van der Waals surface area contributed by atoms with Crippen LogP contribution < -0.4 is 0 Å². The fourth-order valence-corrected chi connectivity index (χ4v) is 2.91. The van der Waals surface area contributed by atoms with Crippen LogP contribution in [0.1, 0.15) is 53.9 Å². The molecule has 3 atom stereocenters. The van der Waals surface area contributed by atoms with Crippen LogP contribution in [0.15, 0.2) is 5.18 Å². The zero-order valence-corrected chi connectivity index (χ0v) is 10.1. The maximum atomic E-state index is 10.8. The lowest BCUT2D eigenvalue weighted by Crippen LogP contribution is -2.47. The highest BCUT2D eigenvalue weighted by molar-refractivity contribution is 4.99. The molecule has 14 heavy (non-hydrogen) atoms. The highest BCUT2D eigenvalue weighted by Gasteiger charge is 2.48. The molecule has 82 valence electrons. The zero-order valence-electron chi connectivity index (χ0n) is 10.1. The Balaban J connectivity index is 2.93. The number of nitroso groups, excluding NO2 is 1. The van der Waals surface area contributed by atoms with E-state index in [9.17, 15) is 4.91 Å². The quantitative estimate of drug-likeness (QED) is 0.615. The summed E-state index contributed by atoms with van der Waals surface area (Å²) >= 11 is 0. The summed E-state index contributed by atoms with van der Waals surface area (Å²) < 4.78 is 0. The minimum atomic E-state index is 0.0112. The third-order valence-electron chi connectivity index (χ3n) is 4.94. The van der Waals surface area contributed by atoms with E-state index in [-0.39, 0.29) is 11.5 Å². The minimum absolute atomic E-state index is 0.0112. The average molecular weight is 197 g/mol. The van der Waals surface area contributed by atoms with Gasteiger partial charge < -0.3 is 0 Å². The third kappa shape index (κ3) is 1.59. The van der Waals surface area contributed by atoms with Gasteiger partial charge in [0, 0.05) is 0 Å². The molecule has 1 aliphatic carbocycles. The summed E-state index contributed by atoms with van der Waals surface area (Å²) in [6, 6.07) is 0.0112. The Bertz CT molecular complexity index is 224. The molecular weight excluding hydrogens is 174 g/mol. The molecule has 1 saturated carbocycles. The Labute approximate surface area is 87.4 Å². The summed E-state index contributed by atoms with van der Waals surface area (Å²) in [4.78, 5) is 10.8. The lowest BCUT2D eigenvalue weighted by molar-refractivity contribution is -0.00446. The van der Waals surface area contributed by atoms with Crippen LogP contribution in [-0.2, 0) is 0 Å². The van der Waals surface area contributed by atoms with E-state index in [4.69, 9.17) is 0 Å². The van der Waals surface area contributed by atoms with Crippen LogP contribution in [0.3, 0.4) is 0 Å². The fourth-order valence-electron chi connectivity index (χ4n) is 2.91. The first kappa shape index (κ1) is 11.7. The van der Waals surface area contributed by atoms with Crippen LogP contribution in [0.5, 0.6) is 0 Å². The standard InChI is InChI=1S/C12H23NO/c1-6-12(5)8-7-10(13-14)11(3,4)9(12)2/h9-10H,6-8H2,1-5H3. The molecule has 0 saturated heterocycles. The monoisotopic (exact) mass is 197 g/mol. The highest BCUT2D eigenvalue weighted by atomic mass is 16.3. The first-order valence-electron chi connectivity index (χ1n) is 5.71. The number of rotatable bonds is 2. The van der Waals surface area contributed by atoms with E-state index in [0.717, 1.165) is 12.8 Å². The Hall–Kier alpha value is -0.400. The third-order valence-corrected chi connectivity index (χ3v) is 4.94. The van der Waals surface area contributed by atoms with E-state index in [2.05, 4.69) is 39.8 Å². The molecule has 0 amide bonds. The van der Waals surface area contributed by atoms with Gasteiger partial charge in [0.15, 0.2) is 0 Å². The Morgan fingerprint density at radius 3 is 2.36 bits per heavy atom. The lowest BCUT2D eigenvalue weighted by Gasteiger charge is -2.51. The van der Waals surface area contributed by atoms with Crippen molar-refractivity contribution in [2.45, 2.75) is 59.9 Å². The number of hydrogen-bond acceptors (Lipinski definition) is 2. The van der Waals surface area contributed by atoms with E-state index >= 15 is 0 Å². The zero-order chi connectivity index (χ0) is 11.0. The maximum absolute atomic E-state index is 10.8. The first-order chi connectivity index (χ1) is 6.38. The second kappa shape index (κ2) is 3.63. The molecule has 0 aromatic rings. The van der Waals surface area contributed by atoms with Gasteiger partial charge in [0.25, 0.3) is 0 Å². The lowest BCUT2D eigenvalue weighted by atomic mass is 9.54.